The van der Waals surface area contributed by atoms with Crippen LogP contribution in [0.25, 0.3) is 0 Å². The molecule has 0 saturated heterocycles. The van der Waals surface area contributed by atoms with Crippen LogP contribution in [0.15, 0.2) is 6.07 Å². The Kier molecular flexibility index (Phi) is 4.14. The van der Waals surface area contributed by atoms with Gasteiger partial charge in [0, 0.05) is 24.7 Å². The first-order valence-electron chi connectivity index (χ1n) is 3.97. The number of amides is 1. The van der Waals surface area contributed by atoms with Crippen molar-refractivity contribution >= 4 is 29.3 Å². The molecule has 0 spiro atoms. The molecule has 1 aromatic rings. The monoisotopic (exact) mass is 250 g/mol. The van der Waals surface area contributed by atoms with Crippen molar-refractivity contribution in [1.29, 1.82) is 0 Å². The van der Waals surface area contributed by atoms with E-state index in [1.54, 1.807) is 0 Å². The van der Waals surface area contributed by atoms with E-state index in [0.29, 0.717) is 5.56 Å². The van der Waals surface area contributed by atoms with E-state index in [2.05, 4.69) is 9.72 Å². The van der Waals surface area contributed by atoms with Crippen LogP contribution >= 0.6 is 23.2 Å². The Hall–Kier alpha value is -1.04. The van der Waals surface area contributed by atoms with Crippen LogP contribution in [0.2, 0.25) is 10.3 Å². The van der Waals surface area contributed by atoms with Crippen LogP contribution in [0.5, 0.6) is 5.75 Å². The first-order valence-corrected chi connectivity index (χ1v) is 4.73. The fraction of sp³-hybridized carbons (Fsp3) is 0.250. The SMILES string of the molecule is NC(=O)Oc1cc(Cl)nc(Cl)c1CCO. The van der Waals surface area contributed by atoms with Crippen molar-refractivity contribution in [1.82, 2.24) is 4.98 Å². The van der Waals surface area contributed by atoms with Gasteiger partial charge in [0.15, 0.2) is 0 Å². The zero-order valence-electron chi connectivity index (χ0n) is 7.54. The van der Waals surface area contributed by atoms with Gasteiger partial charge in [-0.2, -0.15) is 0 Å². The summed E-state index contributed by atoms with van der Waals surface area (Å²) in [4.78, 5) is 14.3. The Balaban J connectivity index is 3.13. The maximum Gasteiger partial charge on any atom is 0.409 e. The van der Waals surface area contributed by atoms with E-state index in [-0.39, 0.29) is 29.1 Å². The van der Waals surface area contributed by atoms with Crippen LogP contribution in [-0.4, -0.2) is 22.8 Å². The number of hydrogen-bond acceptors (Lipinski definition) is 4. The molecule has 1 heterocycles. The number of aliphatic hydroxyl groups is 1. The zero-order valence-corrected chi connectivity index (χ0v) is 9.05. The van der Waals surface area contributed by atoms with Gasteiger partial charge in [0.2, 0.25) is 0 Å². The number of hydrogen-bond donors (Lipinski definition) is 2. The van der Waals surface area contributed by atoms with Crippen LogP contribution in [0, 0.1) is 0 Å². The van der Waals surface area contributed by atoms with E-state index in [9.17, 15) is 4.79 Å². The lowest BCUT2D eigenvalue weighted by Gasteiger charge is -2.09. The number of ether oxygens (including phenoxy) is 1. The smallest absolute Gasteiger partial charge is 0.409 e. The average Bonchev–Trinajstić information content (AvgIpc) is 2.10. The highest BCUT2D eigenvalue weighted by molar-refractivity contribution is 6.33. The minimum Gasteiger partial charge on any atom is -0.410 e. The van der Waals surface area contributed by atoms with Gasteiger partial charge in [-0.1, -0.05) is 23.2 Å². The number of nitrogens with two attached hydrogens (primary N) is 1. The summed E-state index contributed by atoms with van der Waals surface area (Å²) in [7, 11) is 0. The molecule has 0 aliphatic rings. The van der Waals surface area contributed by atoms with Gasteiger partial charge in [-0.15, -0.1) is 0 Å². The molecule has 5 nitrogen and oxygen atoms in total. The van der Waals surface area contributed by atoms with Crippen LogP contribution in [0.1, 0.15) is 5.56 Å². The maximum atomic E-state index is 10.6. The number of pyridine rings is 1. The van der Waals surface area contributed by atoms with Gasteiger partial charge in [-0.05, 0) is 0 Å². The molecular formula is C8H8Cl2N2O3. The molecular weight excluding hydrogens is 243 g/mol. The van der Waals surface area contributed by atoms with E-state index in [0.717, 1.165) is 0 Å². The maximum absolute atomic E-state index is 10.6. The number of carbonyl (C=O) groups excluding carboxylic acids is 1. The molecule has 1 aromatic heterocycles. The summed E-state index contributed by atoms with van der Waals surface area (Å²) in [6.07, 6.45) is -0.779. The largest absolute Gasteiger partial charge is 0.410 e. The molecule has 0 radical (unpaired) electrons. The second kappa shape index (κ2) is 5.16. The molecule has 1 rings (SSSR count). The predicted molar refractivity (Wildman–Crippen MR) is 55.3 cm³/mol. The van der Waals surface area contributed by atoms with Crippen LogP contribution in [0.4, 0.5) is 4.79 Å². The summed E-state index contributed by atoms with van der Waals surface area (Å²) >= 11 is 11.4. The quantitative estimate of drug-likeness (QED) is 0.794. The van der Waals surface area contributed by atoms with Crippen LogP contribution < -0.4 is 10.5 Å². The second-order valence-electron chi connectivity index (χ2n) is 2.61. The number of aromatic nitrogens is 1. The summed E-state index contributed by atoms with van der Waals surface area (Å²) < 4.78 is 4.68. The Morgan fingerprint density at radius 3 is 2.80 bits per heavy atom. The van der Waals surface area contributed by atoms with Crippen molar-refractivity contribution < 1.29 is 14.6 Å². The summed E-state index contributed by atoms with van der Waals surface area (Å²) in [6, 6.07) is 1.31. The van der Waals surface area contributed by atoms with Crippen molar-refractivity contribution in [3.8, 4) is 5.75 Å². The van der Waals surface area contributed by atoms with E-state index < -0.39 is 6.09 Å². The third-order valence-electron chi connectivity index (χ3n) is 1.57. The predicted octanol–water partition coefficient (Wildman–Crippen LogP) is 1.38. The van der Waals surface area contributed by atoms with E-state index in [1.807, 2.05) is 0 Å². The Bertz CT molecular complexity index is 384. The molecule has 0 saturated carbocycles. The second-order valence-corrected chi connectivity index (χ2v) is 3.35. The van der Waals surface area contributed by atoms with Gasteiger partial charge in [-0.25, -0.2) is 9.78 Å². The van der Waals surface area contributed by atoms with Gasteiger partial charge < -0.3 is 15.6 Å². The molecule has 1 amide bonds. The summed E-state index contributed by atoms with van der Waals surface area (Å²) in [5.41, 5.74) is 5.25. The van der Waals surface area contributed by atoms with Gasteiger partial charge >= 0.3 is 6.09 Å². The highest BCUT2D eigenvalue weighted by Gasteiger charge is 2.13. The fourth-order valence-electron chi connectivity index (χ4n) is 1.03. The highest BCUT2D eigenvalue weighted by atomic mass is 35.5. The molecule has 0 unspecified atom stereocenters. The lowest BCUT2D eigenvalue weighted by molar-refractivity contribution is 0.210. The topological polar surface area (TPSA) is 85.4 Å². The van der Waals surface area contributed by atoms with Crippen molar-refractivity contribution in [2.45, 2.75) is 6.42 Å². The number of aliphatic hydroxyl groups excluding tert-OH is 1. The van der Waals surface area contributed by atoms with E-state index in [4.69, 9.17) is 34.0 Å². The van der Waals surface area contributed by atoms with Crippen molar-refractivity contribution in [2.24, 2.45) is 5.73 Å². The summed E-state index contributed by atoms with van der Waals surface area (Å²) in [5.74, 6) is 0.113. The molecule has 0 aromatic carbocycles. The van der Waals surface area contributed by atoms with Crippen molar-refractivity contribution in [2.75, 3.05) is 6.61 Å². The van der Waals surface area contributed by atoms with Gasteiger partial charge in [-0.3, -0.25) is 0 Å². The Morgan fingerprint density at radius 1 is 1.60 bits per heavy atom. The lowest BCUT2D eigenvalue weighted by Crippen LogP contribution is -2.17. The normalized spacial score (nSPS) is 10.1. The van der Waals surface area contributed by atoms with Crippen molar-refractivity contribution in [3.05, 3.63) is 21.9 Å². The molecule has 3 N–H and O–H groups in total. The first kappa shape index (κ1) is 12.0. The minimum atomic E-state index is -0.979. The summed E-state index contributed by atoms with van der Waals surface area (Å²) in [6.45, 7) is -0.155. The number of halogens is 2. The molecule has 0 aliphatic heterocycles. The van der Waals surface area contributed by atoms with Gasteiger partial charge in [0.05, 0.1) is 0 Å². The summed E-state index contributed by atoms with van der Waals surface area (Å²) in [5, 5.41) is 8.94. The molecule has 0 atom stereocenters. The van der Waals surface area contributed by atoms with Crippen LogP contribution in [-0.2, 0) is 6.42 Å². The standard InChI is InChI=1S/C8H8Cl2N2O3/c9-6-3-5(15-8(11)14)4(1-2-13)7(10)12-6/h3,13H,1-2H2,(H2,11,14). The third kappa shape index (κ3) is 3.23. The first-order chi connectivity index (χ1) is 7.04. The lowest BCUT2D eigenvalue weighted by atomic mass is 10.2. The fourth-order valence-corrected chi connectivity index (χ4v) is 1.53. The number of carbonyl (C=O) groups is 1. The number of nitrogens with zero attached hydrogens (tertiary/aromatic N) is 1. The molecule has 0 aliphatic carbocycles. The van der Waals surface area contributed by atoms with E-state index >= 15 is 0 Å². The number of rotatable bonds is 3. The molecule has 15 heavy (non-hydrogen) atoms. The van der Waals surface area contributed by atoms with E-state index in [1.165, 1.54) is 6.07 Å². The number of primary amides is 1. The molecule has 7 heteroatoms. The molecule has 82 valence electrons. The highest BCUT2D eigenvalue weighted by Crippen LogP contribution is 2.28. The Morgan fingerprint density at radius 2 is 2.27 bits per heavy atom. The van der Waals surface area contributed by atoms with Crippen LogP contribution in [0.3, 0.4) is 0 Å². The molecule has 0 bridgehead atoms. The van der Waals surface area contributed by atoms with Gasteiger partial charge in [0.1, 0.15) is 16.1 Å². The third-order valence-corrected chi connectivity index (χ3v) is 2.08. The average molecular weight is 251 g/mol. The zero-order chi connectivity index (χ0) is 11.4. The van der Waals surface area contributed by atoms with Crippen molar-refractivity contribution in [3.63, 3.8) is 0 Å². The Labute approximate surface area is 95.8 Å². The minimum absolute atomic E-state index is 0.0767. The van der Waals surface area contributed by atoms with Gasteiger partial charge in [0.25, 0.3) is 0 Å². The molecule has 0 fully saturated rings.